The maximum Gasteiger partial charge on any atom is 0.272 e. The van der Waals surface area contributed by atoms with Gasteiger partial charge in [-0.25, -0.2) is 9.97 Å². The number of carbonyl (C=O) groups is 1. The number of aromatic nitrogens is 3. The first-order valence-corrected chi connectivity index (χ1v) is 8.42. The molecule has 1 spiro atoms. The van der Waals surface area contributed by atoms with Crippen LogP contribution in [-0.2, 0) is 12.1 Å². The predicted octanol–water partition coefficient (Wildman–Crippen LogP) is 1.93. The number of fused-ring (bicyclic) bond motifs is 2. The Bertz CT molecular complexity index is 838. The maximum absolute atomic E-state index is 13.2. The van der Waals surface area contributed by atoms with Gasteiger partial charge >= 0.3 is 0 Å². The van der Waals surface area contributed by atoms with E-state index in [0.717, 1.165) is 37.8 Å². The second kappa shape index (κ2) is 5.54. The first-order chi connectivity index (χ1) is 11.6. The molecule has 0 unspecified atom stereocenters. The van der Waals surface area contributed by atoms with E-state index in [9.17, 15) is 9.59 Å². The van der Waals surface area contributed by atoms with Crippen molar-refractivity contribution in [1.82, 2.24) is 19.4 Å². The molecule has 3 heterocycles. The lowest BCUT2D eigenvalue weighted by molar-refractivity contribution is 0.0271. The zero-order chi connectivity index (χ0) is 16.7. The molecule has 0 atom stereocenters. The van der Waals surface area contributed by atoms with E-state index in [1.54, 1.807) is 27.8 Å². The van der Waals surface area contributed by atoms with Crippen LogP contribution in [0, 0.1) is 0 Å². The van der Waals surface area contributed by atoms with Crippen molar-refractivity contribution in [1.29, 1.82) is 0 Å². The normalized spacial score (nSPS) is 18.9. The molecular weight excluding hydrogens is 304 g/mol. The molecule has 0 saturated heterocycles. The average Bonchev–Trinajstić information content (AvgIpc) is 2.82. The Hall–Kier alpha value is -2.50. The van der Waals surface area contributed by atoms with Gasteiger partial charge in [-0.3, -0.25) is 14.2 Å². The van der Waals surface area contributed by atoms with Gasteiger partial charge in [0, 0.05) is 30.9 Å². The summed E-state index contributed by atoms with van der Waals surface area (Å²) in [5, 5.41) is 0. The quantitative estimate of drug-likeness (QED) is 0.846. The summed E-state index contributed by atoms with van der Waals surface area (Å²) in [4.78, 5) is 35.7. The van der Waals surface area contributed by atoms with Crippen LogP contribution in [0.3, 0.4) is 0 Å². The molecule has 0 radical (unpaired) electrons. The van der Waals surface area contributed by atoms with Crippen molar-refractivity contribution >= 4 is 5.91 Å². The SMILES string of the molecule is CN1C(=O)c2ccc(Cc3ccncn3)c(=O)n2C12CCCCC2. The van der Waals surface area contributed by atoms with Crippen LogP contribution in [0.15, 0.2) is 35.5 Å². The number of hydrogen-bond acceptors (Lipinski definition) is 4. The minimum atomic E-state index is -0.483. The van der Waals surface area contributed by atoms with Crippen LogP contribution in [0.4, 0.5) is 0 Å². The highest BCUT2D eigenvalue weighted by molar-refractivity contribution is 5.95. The highest BCUT2D eigenvalue weighted by Gasteiger charge is 2.48. The van der Waals surface area contributed by atoms with E-state index in [1.165, 1.54) is 6.33 Å². The topological polar surface area (TPSA) is 68.1 Å². The molecule has 0 aromatic carbocycles. The molecule has 1 fully saturated rings. The van der Waals surface area contributed by atoms with Gasteiger partial charge in [-0.05, 0) is 37.8 Å². The Morgan fingerprint density at radius 1 is 1.12 bits per heavy atom. The van der Waals surface area contributed by atoms with Crippen molar-refractivity contribution in [3.8, 4) is 0 Å². The molecule has 124 valence electrons. The van der Waals surface area contributed by atoms with E-state index in [2.05, 4.69) is 9.97 Å². The summed E-state index contributed by atoms with van der Waals surface area (Å²) < 4.78 is 1.75. The van der Waals surface area contributed by atoms with Crippen molar-refractivity contribution in [2.75, 3.05) is 7.05 Å². The molecule has 2 aromatic rings. The largest absolute Gasteiger partial charge is 0.317 e. The summed E-state index contributed by atoms with van der Waals surface area (Å²) in [6.07, 6.45) is 8.55. The summed E-state index contributed by atoms with van der Waals surface area (Å²) in [6.45, 7) is 0. The molecule has 1 aliphatic carbocycles. The Labute approximate surface area is 140 Å². The van der Waals surface area contributed by atoms with E-state index >= 15 is 0 Å². The second-order valence-corrected chi connectivity index (χ2v) is 6.67. The second-order valence-electron chi connectivity index (χ2n) is 6.67. The Kier molecular flexibility index (Phi) is 3.48. The smallest absolute Gasteiger partial charge is 0.272 e. The van der Waals surface area contributed by atoms with Crippen LogP contribution in [-0.4, -0.2) is 32.4 Å². The van der Waals surface area contributed by atoms with Crippen LogP contribution in [0.1, 0.15) is 53.8 Å². The summed E-state index contributed by atoms with van der Waals surface area (Å²) >= 11 is 0. The molecule has 2 aromatic heterocycles. The molecule has 1 saturated carbocycles. The summed E-state index contributed by atoms with van der Waals surface area (Å²) in [5.74, 6) is -0.0532. The standard InChI is InChI=1S/C18H20N4O2/c1-21-17(24)15-6-5-13(11-14-7-10-19-12-20-14)16(23)22(15)18(21)8-3-2-4-9-18/h5-7,10,12H,2-4,8-9,11H2,1H3. The van der Waals surface area contributed by atoms with E-state index in [1.807, 2.05) is 13.1 Å². The summed E-state index contributed by atoms with van der Waals surface area (Å²) in [6, 6.07) is 5.37. The van der Waals surface area contributed by atoms with Crippen LogP contribution in [0.5, 0.6) is 0 Å². The molecule has 24 heavy (non-hydrogen) atoms. The zero-order valence-corrected chi connectivity index (χ0v) is 13.7. The third-order valence-corrected chi connectivity index (χ3v) is 5.39. The van der Waals surface area contributed by atoms with Gasteiger partial charge in [-0.2, -0.15) is 0 Å². The summed E-state index contributed by atoms with van der Waals surface area (Å²) in [7, 11) is 1.82. The molecule has 0 N–H and O–H groups in total. The summed E-state index contributed by atoms with van der Waals surface area (Å²) in [5.41, 5.74) is 1.44. The first-order valence-electron chi connectivity index (χ1n) is 8.42. The number of hydrogen-bond donors (Lipinski definition) is 0. The Morgan fingerprint density at radius 2 is 1.92 bits per heavy atom. The van der Waals surface area contributed by atoms with E-state index in [-0.39, 0.29) is 11.5 Å². The fourth-order valence-electron chi connectivity index (χ4n) is 4.10. The van der Waals surface area contributed by atoms with Gasteiger partial charge in [-0.1, -0.05) is 12.5 Å². The van der Waals surface area contributed by atoms with Crippen molar-refractivity contribution in [3.63, 3.8) is 0 Å². The number of nitrogens with zero attached hydrogens (tertiary/aromatic N) is 4. The van der Waals surface area contributed by atoms with Gasteiger partial charge in [0.1, 0.15) is 17.7 Å². The average molecular weight is 324 g/mol. The molecule has 4 rings (SSSR count). The van der Waals surface area contributed by atoms with Crippen LogP contribution in [0.2, 0.25) is 0 Å². The molecule has 1 aliphatic heterocycles. The fraction of sp³-hybridized carbons (Fsp3) is 0.444. The Morgan fingerprint density at radius 3 is 2.62 bits per heavy atom. The van der Waals surface area contributed by atoms with Crippen molar-refractivity contribution in [3.05, 3.63) is 58.0 Å². The third-order valence-electron chi connectivity index (χ3n) is 5.39. The Balaban J connectivity index is 1.83. The molecule has 6 nitrogen and oxygen atoms in total. The number of amides is 1. The van der Waals surface area contributed by atoms with Crippen molar-refractivity contribution in [2.45, 2.75) is 44.2 Å². The molecule has 0 bridgehead atoms. The maximum atomic E-state index is 13.2. The van der Waals surface area contributed by atoms with Crippen LogP contribution < -0.4 is 5.56 Å². The lowest BCUT2D eigenvalue weighted by Gasteiger charge is -2.40. The van der Waals surface area contributed by atoms with E-state index in [0.29, 0.717) is 17.7 Å². The lowest BCUT2D eigenvalue weighted by Crippen LogP contribution is -2.49. The highest BCUT2D eigenvalue weighted by atomic mass is 16.2. The minimum Gasteiger partial charge on any atom is -0.317 e. The number of pyridine rings is 1. The van der Waals surface area contributed by atoms with Gasteiger partial charge in [-0.15, -0.1) is 0 Å². The van der Waals surface area contributed by atoms with Crippen molar-refractivity contribution in [2.24, 2.45) is 0 Å². The zero-order valence-electron chi connectivity index (χ0n) is 13.7. The van der Waals surface area contributed by atoms with Gasteiger partial charge in [0.2, 0.25) is 0 Å². The lowest BCUT2D eigenvalue weighted by atomic mass is 9.88. The van der Waals surface area contributed by atoms with Gasteiger partial charge < -0.3 is 4.90 Å². The molecule has 1 amide bonds. The number of rotatable bonds is 2. The fourth-order valence-corrected chi connectivity index (χ4v) is 4.10. The molecular formula is C18H20N4O2. The monoisotopic (exact) mass is 324 g/mol. The highest BCUT2D eigenvalue weighted by Crippen LogP contribution is 2.41. The van der Waals surface area contributed by atoms with Crippen LogP contribution in [0.25, 0.3) is 0 Å². The van der Waals surface area contributed by atoms with E-state index in [4.69, 9.17) is 0 Å². The van der Waals surface area contributed by atoms with Gasteiger partial charge in [0.25, 0.3) is 11.5 Å². The van der Waals surface area contributed by atoms with Gasteiger partial charge in [0.15, 0.2) is 0 Å². The first kappa shape index (κ1) is 15.1. The molecule has 2 aliphatic rings. The third kappa shape index (κ3) is 2.09. The minimum absolute atomic E-state index is 0.0532. The van der Waals surface area contributed by atoms with E-state index < -0.39 is 5.66 Å². The van der Waals surface area contributed by atoms with Crippen LogP contribution >= 0.6 is 0 Å². The molecule has 6 heteroatoms. The van der Waals surface area contributed by atoms with Gasteiger partial charge in [0.05, 0.1) is 0 Å². The predicted molar refractivity (Wildman–Crippen MR) is 88.7 cm³/mol. The number of carbonyl (C=O) groups excluding carboxylic acids is 1. The van der Waals surface area contributed by atoms with Crippen molar-refractivity contribution < 1.29 is 4.79 Å².